The van der Waals surface area contributed by atoms with Crippen molar-refractivity contribution in [2.75, 3.05) is 33.2 Å². The summed E-state index contributed by atoms with van der Waals surface area (Å²) >= 11 is 0. The molecule has 24 heavy (non-hydrogen) atoms. The molecule has 1 aliphatic rings. The number of hydrogen-bond donors (Lipinski definition) is 0. The molecule has 1 aromatic rings. The molecule has 0 bridgehead atoms. The van der Waals surface area contributed by atoms with Gasteiger partial charge in [-0.15, -0.1) is 0 Å². The van der Waals surface area contributed by atoms with Gasteiger partial charge in [-0.2, -0.15) is 13.2 Å². The van der Waals surface area contributed by atoms with Crippen molar-refractivity contribution >= 4 is 17.8 Å². The van der Waals surface area contributed by atoms with Crippen molar-refractivity contribution in [3.05, 3.63) is 41.0 Å². The van der Waals surface area contributed by atoms with Gasteiger partial charge in [-0.3, -0.25) is 9.59 Å². The minimum absolute atomic E-state index is 0.0983. The maximum Gasteiger partial charge on any atom is 0.416 e. The van der Waals surface area contributed by atoms with Gasteiger partial charge < -0.3 is 9.80 Å². The van der Waals surface area contributed by atoms with Gasteiger partial charge in [-0.05, 0) is 37.7 Å². The summed E-state index contributed by atoms with van der Waals surface area (Å²) in [5.74, 6) is -0.899. The normalized spacial score (nSPS) is 17.0. The summed E-state index contributed by atoms with van der Waals surface area (Å²) < 4.78 is 38.3. The second-order valence-electron chi connectivity index (χ2n) is 5.83. The predicted molar refractivity (Wildman–Crippen MR) is 84.2 cm³/mol. The van der Waals surface area contributed by atoms with Crippen molar-refractivity contribution < 1.29 is 22.8 Å². The molecule has 1 amide bonds. The molecule has 1 aromatic carbocycles. The third-order valence-corrected chi connectivity index (χ3v) is 3.93. The Labute approximate surface area is 138 Å². The van der Waals surface area contributed by atoms with E-state index in [4.69, 9.17) is 0 Å². The lowest BCUT2D eigenvalue weighted by Gasteiger charge is -2.32. The molecule has 0 radical (unpaired) electrons. The van der Waals surface area contributed by atoms with Gasteiger partial charge in [0.05, 0.1) is 11.1 Å². The van der Waals surface area contributed by atoms with Crippen LogP contribution in [0, 0.1) is 0 Å². The number of benzene rings is 1. The third-order valence-electron chi connectivity index (χ3n) is 3.93. The molecule has 2 rings (SSSR count). The Balaban J connectivity index is 2.29. The van der Waals surface area contributed by atoms with E-state index in [1.54, 1.807) is 4.90 Å². The van der Waals surface area contributed by atoms with Gasteiger partial charge in [-0.1, -0.05) is 12.1 Å². The van der Waals surface area contributed by atoms with Crippen LogP contribution in [-0.2, 0) is 15.8 Å². The molecule has 4 nitrogen and oxygen atoms in total. The first-order valence-electron chi connectivity index (χ1n) is 7.56. The standard InChI is InChI=1S/C17H19F3N2O2/c1-12(23)15(16(24)22-8-6-21(2)7-9-22)11-13-4-3-5-14(10-13)17(18,19)20/h3-5,10-11H,6-9H2,1-2H3/b15-11+. The Bertz CT molecular complexity index is 660. The monoisotopic (exact) mass is 340 g/mol. The molecule has 1 fully saturated rings. The number of carbonyl (C=O) groups excluding carboxylic acids is 2. The van der Waals surface area contributed by atoms with Gasteiger partial charge in [0.1, 0.15) is 0 Å². The van der Waals surface area contributed by atoms with Crippen LogP contribution < -0.4 is 0 Å². The molecule has 1 heterocycles. The molecule has 0 aliphatic carbocycles. The molecule has 0 saturated carbocycles. The lowest BCUT2D eigenvalue weighted by Crippen LogP contribution is -2.48. The predicted octanol–water partition coefficient (Wildman–Crippen LogP) is 2.45. The first kappa shape index (κ1) is 18.2. The molecule has 130 valence electrons. The van der Waals surface area contributed by atoms with E-state index in [-0.39, 0.29) is 11.1 Å². The number of ketones is 1. The molecule has 0 spiro atoms. The number of nitrogens with zero attached hydrogens (tertiary/aromatic N) is 2. The first-order valence-corrected chi connectivity index (χ1v) is 7.56. The topological polar surface area (TPSA) is 40.6 Å². The van der Waals surface area contributed by atoms with Crippen LogP contribution in [0.1, 0.15) is 18.1 Å². The highest BCUT2D eigenvalue weighted by atomic mass is 19.4. The number of piperazine rings is 1. The summed E-state index contributed by atoms with van der Waals surface area (Å²) in [5.41, 5.74) is -0.734. The Morgan fingerprint density at radius 2 is 1.75 bits per heavy atom. The first-order chi connectivity index (χ1) is 11.2. The highest BCUT2D eigenvalue weighted by Gasteiger charge is 2.30. The lowest BCUT2D eigenvalue weighted by atomic mass is 10.0. The SMILES string of the molecule is CC(=O)/C(=C\c1cccc(C(F)(F)F)c1)C(=O)N1CCN(C)CC1. The Hall–Kier alpha value is -2.15. The minimum Gasteiger partial charge on any atom is -0.336 e. The lowest BCUT2D eigenvalue weighted by molar-refractivity contribution is -0.137. The molecular formula is C17H19F3N2O2. The van der Waals surface area contributed by atoms with E-state index in [2.05, 4.69) is 4.90 Å². The average molecular weight is 340 g/mol. The summed E-state index contributed by atoms with van der Waals surface area (Å²) in [4.78, 5) is 28.0. The fourth-order valence-electron chi connectivity index (χ4n) is 2.47. The van der Waals surface area contributed by atoms with E-state index in [0.717, 1.165) is 12.1 Å². The molecule has 0 N–H and O–H groups in total. The van der Waals surface area contributed by atoms with Crippen molar-refractivity contribution in [1.29, 1.82) is 0 Å². The van der Waals surface area contributed by atoms with Gasteiger partial charge >= 0.3 is 6.18 Å². The van der Waals surface area contributed by atoms with Crippen LogP contribution in [0.15, 0.2) is 29.8 Å². The molecule has 0 aromatic heterocycles. The van der Waals surface area contributed by atoms with Gasteiger partial charge in [0.25, 0.3) is 5.91 Å². The van der Waals surface area contributed by atoms with Gasteiger partial charge in [0.15, 0.2) is 5.78 Å². The van der Waals surface area contributed by atoms with E-state index >= 15 is 0 Å². The maximum absolute atomic E-state index is 12.8. The second kappa shape index (κ2) is 7.17. The number of likely N-dealkylation sites (N-methyl/N-ethyl adjacent to an activating group) is 1. The zero-order chi connectivity index (χ0) is 17.9. The van der Waals surface area contributed by atoms with Crippen molar-refractivity contribution in [2.24, 2.45) is 0 Å². The summed E-state index contributed by atoms with van der Waals surface area (Å²) in [5, 5.41) is 0. The summed E-state index contributed by atoms with van der Waals surface area (Å²) in [6.45, 7) is 3.61. The number of carbonyl (C=O) groups is 2. The minimum atomic E-state index is -4.47. The van der Waals surface area contributed by atoms with Crippen LogP contribution in [0.3, 0.4) is 0 Å². The fourth-order valence-corrected chi connectivity index (χ4v) is 2.47. The van der Waals surface area contributed by atoms with Crippen LogP contribution in [0.5, 0.6) is 0 Å². The van der Waals surface area contributed by atoms with Crippen LogP contribution in [0.25, 0.3) is 6.08 Å². The van der Waals surface area contributed by atoms with Crippen molar-refractivity contribution in [1.82, 2.24) is 9.80 Å². The smallest absolute Gasteiger partial charge is 0.336 e. The maximum atomic E-state index is 12.8. The van der Waals surface area contributed by atoms with Crippen molar-refractivity contribution in [3.8, 4) is 0 Å². The summed E-state index contributed by atoms with van der Waals surface area (Å²) in [7, 11) is 1.94. The van der Waals surface area contributed by atoms with Gasteiger partial charge in [0.2, 0.25) is 0 Å². The molecule has 0 atom stereocenters. The number of hydrogen-bond acceptors (Lipinski definition) is 3. The van der Waals surface area contributed by atoms with E-state index in [1.165, 1.54) is 25.1 Å². The van der Waals surface area contributed by atoms with E-state index in [1.807, 2.05) is 7.05 Å². The van der Waals surface area contributed by atoms with Crippen molar-refractivity contribution in [3.63, 3.8) is 0 Å². The van der Waals surface area contributed by atoms with Crippen molar-refractivity contribution in [2.45, 2.75) is 13.1 Å². The summed E-state index contributed by atoms with van der Waals surface area (Å²) in [6.07, 6.45) is -3.24. The van der Waals surface area contributed by atoms with Crippen LogP contribution in [0.2, 0.25) is 0 Å². The molecule has 1 aliphatic heterocycles. The molecular weight excluding hydrogens is 321 g/mol. The Kier molecular flexibility index (Phi) is 5.43. The van der Waals surface area contributed by atoms with Crippen LogP contribution in [0.4, 0.5) is 13.2 Å². The largest absolute Gasteiger partial charge is 0.416 e. The van der Waals surface area contributed by atoms with Crippen LogP contribution in [-0.4, -0.2) is 54.7 Å². The number of amides is 1. The zero-order valence-corrected chi connectivity index (χ0v) is 13.6. The Morgan fingerprint density at radius 3 is 2.29 bits per heavy atom. The van der Waals surface area contributed by atoms with E-state index in [0.29, 0.717) is 26.2 Å². The number of alkyl halides is 3. The van der Waals surface area contributed by atoms with Gasteiger partial charge in [0, 0.05) is 26.2 Å². The number of Topliss-reactive ketones (excluding diaryl/α,β-unsaturated/α-hetero) is 1. The molecule has 7 heteroatoms. The fraction of sp³-hybridized carbons (Fsp3) is 0.412. The van der Waals surface area contributed by atoms with Crippen LogP contribution >= 0.6 is 0 Å². The van der Waals surface area contributed by atoms with Gasteiger partial charge in [-0.25, -0.2) is 0 Å². The third kappa shape index (κ3) is 4.44. The molecule has 0 unspecified atom stereocenters. The Morgan fingerprint density at radius 1 is 1.12 bits per heavy atom. The number of rotatable bonds is 3. The second-order valence-corrected chi connectivity index (χ2v) is 5.83. The van der Waals surface area contributed by atoms with E-state index < -0.39 is 23.4 Å². The zero-order valence-electron chi connectivity index (χ0n) is 13.6. The highest BCUT2D eigenvalue weighted by Crippen LogP contribution is 2.30. The van der Waals surface area contributed by atoms with E-state index in [9.17, 15) is 22.8 Å². The average Bonchev–Trinajstić information content (AvgIpc) is 2.52. The molecule has 1 saturated heterocycles. The highest BCUT2D eigenvalue weighted by molar-refractivity contribution is 6.21. The number of halogens is 3. The quantitative estimate of drug-likeness (QED) is 0.482. The summed E-state index contributed by atoms with van der Waals surface area (Å²) in [6, 6.07) is 4.58.